The quantitative estimate of drug-likeness (QED) is 0.572. The van der Waals surface area contributed by atoms with E-state index in [0.717, 1.165) is 22.3 Å². The average Bonchev–Trinajstić information content (AvgIpc) is 3.23. The first-order valence-corrected chi connectivity index (χ1v) is 6.96. The van der Waals surface area contributed by atoms with Crippen LogP contribution in [0.4, 0.5) is 0 Å². The van der Waals surface area contributed by atoms with Crippen molar-refractivity contribution in [3.63, 3.8) is 0 Å². The van der Waals surface area contributed by atoms with E-state index in [-0.39, 0.29) is 0 Å². The third kappa shape index (κ3) is 2.52. The van der Waals surface area contributed by atoms with Crippen LogP contribution in [-0.4, -0.2) is 27.2 Å². The van der Waals surface area contributed by atoms with E-state index < -0.39 is 0 Å². The highest BCUT2D eigenvalue weighted by atomic mass is 16.5. The summed E-state index contributed by atoms with van der Waals surface area (Å²) in [6, 6.07) is 5.69. The third-order valence-corrected chi connectivity index (χ3v) is 3.46. The number of hydrogen-bond acceptors (Lipinski definition) is 7. The number of nitrogens with zero attached hydrogens (tertiary/aromatic N) is 4. The van der Waals surface area contributed by atoms with Gasteiger partial charge >= 0.3 is 0 Å². The number of ether oxygens (including phenoxy) is 1. The number of methoxy groups -OCH3 is 1. The summed E-state index contributed by atoms with van der Waals surface area (Å²) in [7, 11) is 1.62. The number of rotatable bonds is 4. The van der Waals surface area contributed by atoms with Crippen molar-refractivity contribution in [2.24, 2.45) is 0 Å². The minimum absolute atomic E-state index is 0.419. The van der Waals surface area contributed by atoms with Gasteiger partial charge in [-0.05, 0) is 12.1 Å². The van der Waals surface area contributed by atoms with Gasteiger partial charge in [0.05, 0.1) is 26.0 Å². The molecule has 0 fully saturated rings. The molecular formula is C16H12N4O3. The molecule has 0 aliphatic carbocycles. The zero-order valence-electron chi connectivity index (χ0n) is 12.3. The Bertz CT molecular complexity index is 946. The lowest BCUT2D eigenvalue weighted by atomic mass is 10.1. The largest absolute Gasteiger partial charge is 0.497 e. The van der Waals surface area contributed by atoms with Crippen LogP contribution in [0.3, 0.4) is 0 Å². The van der Waals surface area contributed by atoms with Crippen molar-refractivity contribution < 1.29 is 13.7 Å². The molecule has 0 radical (unpaired) electrons. The monoisotopic (exact) mass is 308 g/mol. The second kappa shape index (κ2) is 5.53. The van der Waals surface area contributed by atoms with Crippen LogP contribution >= 0.6 is 0 Å². The lowest BCUT2D eigenvalue weighted by Gasteiger charge is -1.98. The summed E-state index contributed by atoms with van der Waals surface area (Å²) < 4.78 is 16.0. The van der Waals surface area contributed by atoms with Crippen LogP contribution in [0.2, 0.25) is 0 Å². The van der Waals surface area contributed by atoms with Gasteiger partial charge in [-0.1, -0.05) is 5.16 Å². The van der Waals surface area contributed by atoms with Gasteiger partial charge in [-0.2, -0.15) is 4.98 Å². The SMILES string of the molecule is COc1ccc2c(Cc3nc(-c4cnccn4)no3)coc2c1. The Morgan fingerprint density at radius 1 is 1.22 bits per heavy atom. The van der Waals surface area contributed by atoms with E-state index in [2.05, 4.69) is 20.1 Å². The molecule has 23 heavy (non-hydrogen) atoms. The van der Waals surface area contributed by atoms with Crippen molar-refractivity contribution in [2.75, 3.05) is 7.11 Å². The fourth-order valence-corrected chi connectivity index (χ4v) is 2.34. The van der Waals surface area contributed by atoms with Crippen molar-refractivity contribution in [3.05, 3.63) is 54.5 Å². The summed E-state index contributed by atoms with van der Waals surface area (Å²) in [5, 5.41) is 4.93. The minimum atomic E-state index is 0.419. The standard InChI is InChI=1S/C16H12N4O3/c1-21-11-2-3-12-10(9-22-14(12)7-11)6-15-19-16(20-23-15)13-8-17-4-5-18-13/h2-5,7-9H,6H2,1H3. The second-order valence-corrected chi connectivity index (χ2v) is 4.90. The molecule has 0 aliphatic heterocycles. The third-order valence-electron chi connectivity index (χ3n) is 3.46. The van der Waals surface area contributed by atoms with E-state index in [1.807, 2.05) is 18.2 Å². The summed E-state index contributed by atoms with van der Waals surface area (Å²) in [5.74, 6) is 1.66. The first kappa shape index (κ1) is 13.4. The molecule has 3 aromatic heterocycles. The van der Waals surface area contributed by atoms with Crippen LogP contribution in [0.5, 0.6) is 5.75 Å². The summed E-state index contributed by atoms with van der Waals surface area (Å²) in [5.41, 5.74) is 2.30. The van der Waals surface area contributed by atoms with Gasteiger partial charge in [0.25, 0.3) is 0 Å². The van der Waals surface area contributed by atoms with Crippen LogP contribution in [0.15, 0.2) is 52.0 Å². The van der Waals surface area contributed by atoms with Gasteiger partial charge in [0, 0.05) is 29.4 Å². The van der Waals surface area contributed by atoms with Crippen molar-refractivity contribution in [1.29, 1.82) is 0 Å². The zero-order chi connectivity index (χ0) is 15.6. The van der Waals surface area contributed by atoms with Crippen molar-refractivity contribution in [3.8, 4) is 17.3 Å². The molecule has 7 nitrogen and oxygen atoms in total. The second-order valence-electron chi connectivity index (χ2n) is 4.90. The Hall–Kier alpha value is -3.22. The summed E-state index contributed by atoms with van der Waals surface area (Å²) >= 11 is 0. The van der Waals surface area contributed by atoms with Gasteiger partial charge in [-0.3, -0.25) is 4.98 Å². The molecule has 1 aromatic carbocycles. The number of benzene rings is 1. The summed E-state index contributed by atoms with van der Waals surface area (Å²) in [6.07, 6.45) is 6.94. The number of hydrogen-bond donors (Lipinski definition) is 0. The van der Waals surface area contributed by atoms with E-state index in [1.54, 1.807) is 32.0 Å². The average molecular weight is 308 g/mol. The van der Waals surface area contributed by atoms with Gasteiger partial charge in [-0.25, -0.2) is 4.98 Å². The van der Waals surface area contributed by atoms with Crippen molar-refractivity contribution in [2.45, 2.75) is 6.42 Å². The molecule has 0 saturated carbocycles. The molecular weight excluding hydrogens is 296 g/mol. The molecule has 3 heterocycles. The molecule has 0 spiro atoms. The zero-order valence-corrected chi connectivity index (χ0v) is 12.3. The number of fused-ring (bicyclic) bond motifs is 1. The topological polar surface area (TPSA) is 87.1 Å². The van der Waals surface area contributed by atoms with Gasteiger partial charge < -0.3 is 13.7 Å². The van der Waals surface area contributed by atoms with E-state index in [9.17, 15) is 0 Å². The molecule has 114 valence electrons. The predicted molar refractivity (Wildman–Crippen MR) is 80.9 cm³/mol. The lowest BCUT2D eigenvalue weighted by Crippen LogP contribution is -1.89. The molecule has 0 amide bonds. The molecule has 7 heteroatoms. The normalized spacial score (nSPS) is 11.0. The maximum atomic E-state index is 5.56. The van der Waals surface area contributed by atoms with Gasteiger partial charge in [0.2, 0.25) is 11.7 Å². The Labute approximate surface area is 130 Å². The van der Waals surface area contributed by atoms with E-state index >= 15 is 0 Å². The van der Waals surface area contributed by atoms with Gasteiger partial charge in [0.15, 0.2) is 0 Å². The molecule has 0 atom stereocenters. The molecule has 4 aromatic rings. The highest BCUT2D eigenvalue weighted by Crippen LogP contribution is 2.27. The highest BCUT2D eigenvalue weighted by molar-refractivity contribution is 5.82. The summed E-state index contributed by atoms with van der Waals surface area (Å²) in [4.78, 5) is 12.5. The van der Waals surface area contributed by atoms with Gasteiger partial charge in [0.1, 0.15) is 17.0 Å². The maximum Gasteiger partial charge on any atom is 0.231 e. The van der Waals surface area contributed by atoms with Crippen LogP contribution in [-0.2, 0) is 6.42 Å². The Morgan fingerprint density at radius 3 is 3.00 bits per heavy atom. The molecule has 0 saturated heterocycles. The Morgan fingerprint density at radius 2 is 2.17 bits per heavy atom. The van der Waals surface area contributed by atoms with Crippen molar-refractivity contribution in [1.82, 2.24) is 20.1 Å². The minimum Gasteiger partial charge on any atom is -0.497 e. The predicted octanol–water partition coefficient (Wildman–Crippen LogP) is 2.87. The van der Waals surface area contributed by atoms with E-state index in [0.29, 0.717) is 23.8 Å². The van der Waals surface area contributed by atoms with Crippen LogP contribution in [0, 0.1) is 0 Å². The highest BCUT2D eigenvalue weighted by Gasteiger charge is 2.14. The molecule has 0 bridgehead atoms. The van der Waals surface area contributed by atoms with Crippen molar-refractivity contribution >= 4 is 11.0 Å². The smallest absolute Gasteiger partial charge is 0.231 e. The molecule has 0 unspecified atom stereocenters. The number of furan rings is 1. The number of aromatic nitrogens is 4. The molecule has 0 aliphatic rings. The maximum absolute atomic E-state index is 5.56. The van der Waals surface area contributed by atoms with E-state index in [1.165, 1.54) is 0 Å². The summed E-state index contributed by atoms with van der Waals surface area (Å²) in [6.45, 7) is 0. The Kier molecular flexibility index (Phi) is 3.23. The van der Waals surface area contributed by atoms with E-state index in [4.69, 9.17) is 13.7 Å². The first-order valence-electron chi connectivity index (χ1n) is 6.96. The van der Waals surface area contributed by atoms with Crippen LogP contribution in [0.1, 0.15) is 11.5 Å². The fourth-order valence-electron chi connectivity index (χ4n) is 2.34. The van der Waals surface area contributed by atoms with Gasteiger partial charge in [-0.15, -0.1) is 0 Å². The molecule has 4 rings (SSSR count). The fraction of sp³-hybridized carbons (Fsp3) is 0.125. The van der Waals surface area contributed by atoms with Crippen LogP contribution in [0.25, 0.3) is 22.5 Å². The first-order chi connectivity index (χ1) is 11.3. The lowest BCUT2D eigenvalue weighted by molar-refractivity contribution is 0.385. The Balaban J connectivity index is 1.63. The van der Waals surface area contributed by atoms with Crippen LogP contribution < -0.4 is 4.74 Å². The molecule has 0 N–H and O–H groups in total.